The van der Waals surface area contributed by atoms with Crippen LogP contribution in [-0.2, 0) is 22.4 Å². The van der Waals surface area contributed by atoms with Crippen LogP contribution in [0.3, 0.4) is 0 Å². The molecule has 1 aliphatic heterocycles. The van der Waals surface area contributed by atoms with E-state index in [0.717, 1.165) is 37.7 Å². The van der Waals surface area contributed by atoms with Gasteiger partial charge in [0.25, 0.3) is 0 Å². The first-order chi connectivity index (χ1) is 15.5. The first-order valence-electron chi connectivity index (χ1n) is 11.1. The minimum Gasteiger partial charge on any atom is -0.294 e. The molecule has 1 atom stereocenters. The number of anilines is 1. The Morgan fingerprint density at radius 2 is 1.91 bits per heavy atom. The number of allylic oxidation sites excluding steroid dienone is 2. The lowest BCUT2D eigenvalue weighted by atomic mass is 9.77. The molecule has 2 aromatic rings. The highest BCUT2D eigenvalue weighted by Crippen LogP contribution is 2.49. The Morgan fingerprint density at radius 1 is 1.09 bits per heavy atom. The molecule has 4 nitrogen and oxygen atoms in total. The lowest BCUT2D eigenvalue weighted by Crippen LogP contribution is -2.40. The maximum Gasteiger partial charge on any atom is 0.232 e. The van der Waals surface area contributed by atoms with Crippen LogP contribution in [0.4, 0.5) is 9.39 Å². The molecule has 2 aliphatic carbocycles. The maximum absolute atomic E-state index is 14.8. The van der Waals surface area contributed by atoms with Crippen LogP contribution in [0.1, 0.15) is 72.4 Å². The number of thiophene rings is 1. The second-order valence-corrected chi connectivity index (χ2v) is 10.1. The van der Waals surface area contributed by atoms with E-state index in [9.17, 15) is 19.2 Å². The van der Waals surface area contributed by atoms with Crippen molar-refractivity contribution in [3.05, 3.63) is 61.9 Å². The number of amides is 1. The fraction of sp³-hybridized carbons (Fsp3) is 0.400. The van der Waals surface area contributed by atoms with E-state index >= 15 is 0 Å². The molecule has 0 saturated carbocycles. The number of ketones is 1. The molecule has 1 amide bonds. The monoisotopic (exact) mass is 468 g/mol. The number of aryl methyl sites for hydroxylation is 1. The first-order valence-corrected chi connectivity index (χ1v) is 12.3. The summed E-state index contributed by atoms with van der Waals surface area (Å²) in [7, 11) is 0. The molecule has 5 rings (SSSR count). The standard InChI is InChI=1S/C25H22ClFN2O2S/c26-17-7-4-8-18(27)23(17)15-12-22(31)29(19-9-5-10-20(30)24(15)19)25-16(13-28)14-6-2-1-3-11-21(14)32-25/h4,7-8,15H,1-3,5-6,9-12H2/t15-/m0/s1. The molecule has 0 fully saturated rings. The van der Waals surface area contributed by atoms with Crippen molar-refractivity contribution in [1.82, 2.24) is 0 Å². The van der Waals surface area contributed by atoms with Crippen molar-refractivity contribution in [2.75, 3.05) is 4.90 Å². The molecule has 3 aliphatic rings. The summed E-state index contributed by atoms with van der Waals surface area (Å²) in [5, 5.41) is 10.8. The van der Waals surface area contributed by atoms with Crippen molar-refractivity contribution in [2.24, 2.45) is 0 Å². The average Bonchev–Trinajstić information content (AvgIpc) is 2.93. The maximum atomic E-state index is 14.8. The number of rotatable bonds is 2. The third-order valence-electron chi connectivity index (χ3n) is 6.74. The highest BCUT2D eigenvalue weighted by molar-refractivity contribution is 7.16. The van der Waals surface area contributed by atoms with E-state index in [2.05, 4.69) is 6.07 Å². The van der Waals surface area contributed by atoms with Gasteiger partial charge in [0.1, 0.15) is 16.9 Å². The molecule has 7 heteroatoms. The highest BCUT2D eigenvalue weighted by atomic mass is 35.5. The van der Waals surface area contributed by atoms with Crippen molar-refractivity contribution >= 4 is 39.6 Å². The molecule has 0 N–H and O–H groups in total. The van der Waals surface area contributed by atoms with Gasteiger partial charge in [-0.05, 0) is 56.2 Å². The molecule has 0 saturated heterocycles. The number of halogens is 2. The van der Waals surface area contributed by atoms with E-state index in [0.29, 0.717) is 41.1 Å². The summed E-state index contributed by atoms with van der Waals surface area (Å²) in [6.07, 6.45) is 6.50. The fourth-order valence-corrected chi connectivity index (χ4v) is 7.00. The summed E-state index contributed by atoms with van der Waals surface area (Å²) in [6, 6.07) is 6.77. The van der Waals surface area contributed by atoms with Crippen molar-refractivity contribution < 1.29 is 14.0 Å². The quantitative estimate of drug-likeness (QED) is 0.492. The number of benzene rings is 1. The number of nitrogens with zero attached hydrogens (tertiary/aromatic N) is 2. The largest absolute Gasteiger partial charge is 0.294 e. The van der Waals surface area contributed by atoms with Gasteiger partial charge in [0.05, 0.1) is 5.56 Å². The van der Waals surface area contributed by atoms with Gasteiger partial charge in [0.2, 0.25) is 5.91 Å². The zero-order chi connectivity index (χ0) is 22.4. The molecule has 0 spiro atoms. The Labute approximate surface area is 195 Å². The lowest BCUT2D eigenvalue weighted by molar-refractivity contribution is -0.119. The second-order valence-electron chi connectivity index (χ2n) is 8.61. The molecular weight excluding hydrogens is 447 g/mol. The molecule has 2 heterocycles. The van der Waals surface area contributed by atoms with Gasteiger partial charge in [-0.25, -0.2) is 4.39 Å². The molecule has 1 aromatic carbocycles. The number of nitriles is 1. The lowest BCUT2D eigenvalue weighted by Gasteiger charge is -2.38. The van der Waals surface area contributed by atoms with E-state index in [1.165, 1.54) is 28.3 Å². The van der Waals surface area contributed by atoms with Crippen LogP contribution in [0.25, 0.3) is 0 Å². The van der Waals surface area contributed by atoms with Gasteiger partial charge in [-0.3, -0.25) is 14.5 Å². The van der Waals surface area contributed by atoms with Gasteiger partial charge in [-0.1, -0.05) is 24.1 Å². The Hall–Kier alpha value is -2.49. The predicted molar refractivity (Wildman–Crippen MR) is 122 cm³/mol. The minimum absolute atomic E-state index is 0.0430. The number of carbonyl (C=O) groups is 2. The Balaban J connectivity index is 1.69. The van der Waals surface area contributed by atoms with Crippen LogP contribution >= 0.6 is 22.9 Å². The Bertz CT molecular complexity index is 1190. The highest BCUT2D eigenvalue weighted by Gasteiger charge is 2.42. The van der Waals surface area contributed by atoms with E-state index < -0.39 is 11.7 Å². The summed E-state index contributed by atoms with van der Waals surface area (Å²) >= 11 is 7.84. The third kappa shape index (κ3) is 3.39. The van der Waals surface area contributed by atoms with Crippen molar-refractivity contribution in [3.8, 4) is 6.07 Å². The van der Waals surface area contributed by atoms with Crippen molar-refractivity contribution in [3.63, 3.8) is 0 Å². The molecule has 32 heavy (non-hydrogen) atoms. The fourth-order valence-electron chi connectivity index (χ4n) is 5.32. The molecule has 0 unspecified atom stereocenters. The predicted octanol–water partition coefficient (Wildman–Crippen LogP) is 6.21. The molecule has 0 radical (unpaired) electrons. The third-order valence-corrected chi connectivity index (χ3v) is 8.35. The van der Waals surface area contributed by atoms with E-state index in [1.807, 2.05) is 0 Å². The van der Waals surface area contributed by atoms with Crippen LogP contribution in [0, 0.1) is 17.1 Å². The smallest absolute Gasteiger partial charge is 0.232 e. The van der Waals surface area contributed by atoms with Gasteiger partial charge in [0, 0.05) is 45.5 Å². The topological polar surface area (TPSA) is 61.2 Å². The average molecular weight is 469 g/mol. The summed E-state index contributed by atoms with van der Waals surface area (Å²) in [5.41, 5.74) is 2.94. The van der Waals surface area contributed by atoms with Gasteiger partial charge >= 0.3 is 0 Å². The normalized spacial score (nSPS) is 21.2. The SMILES string of the molecule is N#Cc1c(N2C(=O)C[C@@H](c3c(F)cccc3Cl)C3=C2CCCC3=O)sc2c1CCCCC2. The van der Waals surface area contributed by atoms with Crippen LogP contribution in [0.2, 0.25) is 5.02 Å². The molecular formula is C25H22ClFN2O2S. The van der Waals surface area contributed by atoms with Crippen LogP contribution < -0.4 is 4.90 Å². The van der Waals surface area contributed by atoms with Gasteiger partial charge in [-0.2, -0.15) is 5.26 Å². The van der Waals surface area contributed by atoms with Gasteiger partial charge in [-0.15, -0.1) is 11.3 Å². The van der Waals surface area contributed by atoms with Crippen LogP contribution in [0.15, 0.2) is 29.5 Å². The molecule has 164 valence electrons. The van der Waals surface area contributed by atoms with Crippen molar-refractivity contribution in [2.45, 2.75) is 63.7 Å². The molecule has 0 bridgehead atoms. The summed E-state index contributed by atoms with van der Waals surface area (Å²) < 4.78 is 14.8. The first kappa shape index (κ1) is 21.4. The number of Topliss-reactive ketones (excluding diaryl/α,β-unsaturated/α-hetero) is 1. The van der Waals surface area contributed by atoms with Gasteiger partial charge in [0.15, 0.2) is 5.78 Å². The second kappa shape index (κ2) is 8.46. The minimum atomic E-state index is -0.696. The Kier molecular flexibility index (Phi) is 5.65. The summed E-state index contributed by atoms with van der Waals surface area (Å²) in [5.74, 6) is -1.48. The van der Waals surface area contributed by atoms with E-state index in [4.69, 9.17) is 11.6 Å². The number of fused-ring (bicyclic) bond motifs is 1. The van der Waals surface area contributed by atoms with Crippen LogP contribution in [0.5, 0.6) is 0 Å². The zero-order valence-corrected chi connectivity index (χ0v) is 19.1. The van der Waals surface area contributed by atoms with Crippen LogP contribution in [-0.4, -0.2) is 11.7 Å². The van der Waals surface area contributed by atoms with Gasteiger partial charge < -0.3 is 0 Å². The summed E-state index contributed by atoms with van der Waals surface area (Å²) in [4.78, 5) is 29.4. The number of hydrogen-bond acceptors (Lipinski definition) is 4. The van der Waals surface area contributed by atoms with E-state index in [1.54, 1.807) is 11.0 Å². The Morgan fingerprint density at radius 3 is 2.69 bits per heavy atom. The van der Waals surface area contributed by atoms with Crippen molar-refractivity contribution in [1.29, 1.82) is 5.26 Å². The molecule has 1 aromatic heterocycles. The zero-order valence-electron chi connectivity index (χ0n) is 17.5. The number of hydrogen-bond donors (Lipinski definition) is 0. The summed E-state index contributed by atoms with van der Waals surface area (Å²) in [6.45, 7) is 0. The number of carbonyl (C=O) groups excluding carboxylic acids is 2. The van der Waals surface area contributed by atoms with E-state index in [-0.39, 0.29) is 28.7 Å².